The minimum Gasteiger partial charge on any atom is -0.352 e. The van der Waals surface area contributed by atoms with Gasteiger partial charge in [0.1, 0.15) is 0 Å². The monoisotopic (exact) mass is 566 g/mol. The first-order chi connectivity index (χ1) is 19.0. The number of rotatable bonds is 15. The van der Waals surface area contributed by atoms with Gasteiger partial charge in [0.05, 0.1) is 28.5 Å². The molecule has 1 aliphatic rings. The van der Waals surface area contributed by atoms with Crippen LogP contribution in [0.2, 0.25) is 0 Å². The quantitative estimate of drug-likeness (QED) is 0.0623. The Morgan fingerprint density at radius 3 is 2.03 bits per heavy atom. The summed E-state index contributed by atoms with van der Waals surface area (Å²) in [4.78, 5) is 44.5. The highest BCUT2D eigenvalue weighted by Crippen LogP contribution is 2.36. The molecule has 1 aliphatic heterocycles. The maximum atomic E-state index is 12.3. The van der Waals surface area contributed by atoms with Gasteiger partial charge in [-0.2, -0.15) is 4.89 Å². The van der Waals surface area contributed by atoms with Gasteiger partial charge < -0.3 is 5.32 Å². The standard InChI is InChI=1S/C29H30N2O6S2/c32-27(17-21-11-13-24(14-12-21)31(34)35)37-36-16-15-25-26(30-29(25)33)18-28(38-19-22-7-3-1-4-8-22)39-20-23-9-5-2-6-10-23/h1-14,25-26,28H,15-20H2,(H,30,33)/t25-,26?/m0/s1. The molecule has 1 saturated heterocycles. The van der Waals surface area contributed by atoms with Crippen LogP contribution in [0.4, 0.5) is 5.69 Å². The summed E-state index contributed by atoms with van der Waals surface area (Å²) in [5.74, 6) is 0.975. The first kappa shape index (κ1) is 28.7. The fourth-order valence-corrected chi connectivity index (χ4v) is 6.79. The van der Waals surface area contributed by atoms with Crippen LogP contribution >= 0.6 is 23.5 Å². The number of carbonyl (C=O) groups excluding carboxylic acids is 2. The molecule has 1 amide bonds. The number of nitro benzene ring substituents is 1. The molecule has 0 spiro atoms. The SMILES string of the molecule is O=C(Cc1ccc([N+](=O)[O-])cc1)OOCC[C@@H]1C(=O)NC1CC(SCc1ccccc1)SCc1ccccc1. The van der Waals surface area contributed by atoms with Crippen LogP contribution in [-0.2, 0) is 37.3 Å². The smallest absolute Gasteiger partial charge is 0.346 e. The minimum absolute atomic E-state index is 0.0133. The van der Waals surface area contributed by atoms with Crippen molar-refractivity contribution in [1.29, 1.82) is 0 Å². The lowest BCUT2D eigenvalue weighted by Crippen LogP contribution is -2.59. The summed E-state index contributed by atoms with van der Waals surface area (Å²) in [7, 11) is 0. The van der Waals surface area contributed by atoms with E-state index in [0.717, 1.165) is 17.9 Å². The van der Waals surface area contributed by atoms with Gasteiger partial charge >= 0.3 is 5.97 Å². The van der Waals surface area contributed by atoms with E-state index < -0.39 is 10.9 Å². The second-order valence-corrected chi connectivity index (χ2v) is 11.8. The van der Waals surface area contributed by atoms with Gasteiger partial charge in [0.25, 0.3) is 5.69 Å². The molecule has 0 aliphatic carbocycles. The van der Waals surface area contributed by atoms with Crippen LogP contribution in [0.5, 0.6) is 0 Å². The van der Waals surface area contributed by atoms with Crippen LogP contribution in [0.15, 0.2) is 84.9 Å². The molecule has 3 aromatic carbocycles. The van der Waals surface area contributed by atoms with E-state index in [-0.39, 0.29) is 36.6 Å². The average molecular weight is 567 g/mol. The number of benzene rings is 3. The highest BCUT2D eigenvalue weighted by atomic mass is 32.2. The van der Waals surface area contributed by atoms with E-state index >= 15 is 0 Å². The summed E-state index contributed by atoms with van der Waals surface area (Å²) < 4.78 is 0.291. The number of carbonyl (C=O) groups is 2. The number of hydrogen-bond acceptors (Lipinski definition) is 8. The van der Waals surface area contributed by atoms with E-state index in [2.05, 4.69) is 29.6 Å². The van der Waals surface area contributed by atoms with Crippen molar-refractivity contribution in [2.45, 2.75) is 41.4 Å². The molecule has 0 saturated carbocycles. The van der Waals surface area contributed by atoms with E-state index in [1.807, 2.05) is 59.9 Å². The van der Waals surface area contributed by atoms with E-state index in [0.29, 0.717) is 16.6 Å². The van der Waals surface area contributed by atoms with Crippen LogP contribution in [0, 0.1) is 16.0 Å². The zero-order valence-corrected chi connectivity index (χ0v) is 22.9. The third kappa shape index (κ3) is 9.12. The molecular formula is C29H30N2O6S2. The second kappa shape index (κ2) is 14.7. The predicted octanol–water partition coefficient (Wildman–Crippen LogP) is 5.70. The molecule has 10 heteroatoms. The van der Waals surface area contributed by atoms with Crippen molar-refractivity contribution < 1.29 is 24.3 Å². The van der Waals surface area contributed by atoms with Crippen LogP contribution in [-0.4, -0.2) is 34.0 Å². The maximum absolute atomic E-state index is 12.3. The fourth-order valence-electron chi connectivity index (χ4n) is 4.16. The molecule has 1 heterocycles. The number of thioether (sulfide) groups is 2. The summed E-state index contributed by atoms with van der Waals surface area (Å²) in [6, 6.07) is 26.4. The molecule has 3 aromatic rings. The molecule has 0 bridgehead atoms. The number of non-ortho nitro benzene ring substituents is 1. The van der Waals surface area contributed by atoms with Gasteiger partial charge in [-0.25, -0.2) is 4.79 Å². The van der Waals surface area contributed by atoms with Crippen molar-refractivity contribution >= 4 is 41.1 Å². The Balaban J connectivity index is 1.22. The molecule has 1 fully saturated rings. The Hall–Kier alpha value is -3.34. The minimum atomic E-state index is -0.604. The molecule has 0 radical (unpaired) electrons. The number of nitro groups is 1. The van der Waals surface area contributed by atoms with Gasteiger partial charge in [-0.15, -0.1) is 23.5 Å². The Morgan fingerprint density at radius 1 is 0.897 bits per heavy atom. The molecular weight excluding hydrogens is 536 g/mol. The molecule has 1 N–H and O–H groups in total. The average Bonchev–Trinajstić information content (AvgIpc) is 2.95. The van der Waals surface area contributed by atoms with Gasteiger partial charge in [-0.05, 0) is 29.5 Å². The normalized spacial score (nSPS) is 16.4. The van der Waals surface area contributed by atoms with Crippen molar-refractivity contribution in [1.82, 2.24) is 5.32 Å². The fraction of sp³-hybridized carbons (Fsp3) is 0.310. The Morgan fingerprint density at radius 2 is 1.49 bits per heavy atom. The van der Waals surface area contributed by atoms with Crippen molar-refractivity contribution in [3.63, 3.8) is 0 Å². The number of nitrogens with one attached hydrogen (secondary N) is 1. The summed E-state index contributed by atoms with van der Waals surface area (Å²) in [5.41, 5.74) is 3.08. The Labute approximate surface area is 235 Å². The first-order valence-electron chi connectivity index (χ1n) is 12.6. The van der Waals surface area contributed by atoms with E-state index in [9.17, 15) is 19.7 Å². The number of β-lactam (4-membered cyclic amide) rings is 1. The summed E-state index contributed by atoms with van der Waals surface area (Å²) in [6.07, 6.45) is 1.20. The third-order valence-electron chi connectivity index (χ3n) is 6.31. The maximum Gasteiger partial charge on any atom is 0.346 e. The van der Waals surface area contributed by atoms with Crippen molar-refractivity contribution in [2.75, 3.05) is 6.61 Å². The van der Waals surface area contributed by atoms with Crippen LogP contribution in [0.3, 0.4) is 0 Å². The lowest BCUT2D eigenvalue weighted by atomic mass is 9.86. The zero-order valence-electron chi connectivity index (χ0n) is 21.3. The van der Waals surface area contributed by atoms with Gasteiger partial charge in [0, 0.05) is 29.7 Å². The summed E-state index contributed by atoms with van der Waals surface area (Å²) in [6.45, 7) is 0.111. The highest BCUT2D eigenvalue weighted by Gasteiger charge is 2.40. The van der Waals surface area contributed by atoms with E-state index in [1.54, 1.807) is 0 Å². The topological polar surface area (TPSA) is 108 Å². The summed E-state index contributed by atoms with van der Waals surface area (Å²) in [5, 5.41) is 13.8. The van der Waals surface area contributed by atoms with Crippen molar-refractivity contribution in [3.05, 3.63) is 112 Å². The molecule has 204 valence electrons. The molecule has 4 rings (SSSR count). The zero-order chi connectivity index (χ0) is 27.5. The van der Waals surface area contributed by atoms with E-state index in [4.69, 9.17) is 9.78 Å². The largest absolute Gasteiger partial charge is 0.352 e. The Bertz CT molecular complexity index is 1180. The third-order valence-corrected chi connectivity index (χ3v) is 9.26. The second-order valence-electron chi connectivity index (χ2n) is 9.15. The van der Waals surface area contributed by atoms with Crippen LogP contribution in [0.25, 0.3) is 0 Å². The number of amides is 1. The van der Waals surface area contributed by atoms with Gasteiger partial charge in [-0.1, -0.05) is 72.8 Å². The first-order valence-corrected chi connectivity index (χ1v) is 14.7. The van der Waals surface area contributed by atoms with Crippen molar-refractivity contribution in [3.8, 4) is 0 Å². The summed E-state index contributed by atoms with van der Waals surface area (Å²) >= 11 is 3.77. The number of hydrogen-bond donors (Lipinski definition) is 1. The van der Waals surface area contributed by atoms with E-state index in [1.165, 1.54) is 35.4 Å². The van der Waals surface area contributed by atoms with Gasteiger partial charge in [0.15, 0.2) is 0 Å². The van der Waals surface area contributed by atoms with Crippen LogP contribution in [0.1, 0.15) is 29.5 Å². The lowest BCUT2D eigenvalue weighted by molar-refractivity contribution is -0.384. The van der Waals surface area contributed by atoms with Crippen molar-refractivity contribution in [2.24, 2.45) is 5.92 Å². The molecule has 2 atom stereocenters. The molecule has 1 unspecified atom stereocenters. The molecule has 39 heavy (non-hydrogen) atoms. The molecule has 0 aromatic heterocycles. The number of nitrogens with zero attached hydrogens (tertiary/aromatic N) is 1. The van der Waals surface area contributed by atoms with Gasteiger partial charge in [-0.3, -0.25) is 19.8 Å². The Kier molecular flexibility index (Phi) is 10.8. The van der Waals surface area contributed by atoms with Crippen LogP contribution < -0.4 is 5.32 Å². The predicted molar refractivity (Wildman–Crippen MR) is 153 cm³/mol. The van der Waals surface area contributed by atoms with Gasteiger partial charge in [0.2, 0.25) is 5.91 Å². The lowest BCUT2D eigenvalue weighted by Gasteiger charge is -2.38. The molecule has 8 nitrogen and oxygen atoms in total. The highest BCUT2D eigenvalue weighted by molar-refractivity contribution is 8.16.